The first kappa shape index (κ1) is 32.2. The maximum Gasteiger partial charge on any atom is 0.411 e. The molecule has 2 aliphatic rings. The SMILES string of the molecule is CCN(CC)C(=O)OC(C(C)C)N1C(=O)CCc2ccc(OCCCCN3CCN(c4cccc(Cl)c4Cl)CC3)cc21. The normalized spacial score (nSPS) is 16.4. The third-order valence-electron chi connectivity index (χ3n) is 8.04. The van der Waals surface area contributed by atoms with Crippen molar-refractivity contribution >= 4 is 46.6 Å². The average molecular weight is 620 g/mol. The molecule has 230 valence electrons. The van der Waals surface area contributed by atoms with Crippen LogP contribution >= 0.6 is 23.2 Å². The van der Waals surface area contributed by atoms with Gasteiger partial charge < -0.3 is 19.3 Å². The van der Waals surface area contributed by atoms with Crippen LogP contribution in [0.25, 0.3) is 0 Å². The molecule has 8 nitrogen and oxygen atoms in total. The standard InChI is InChI=1S/C32H44Cl2N4O4/c1-5-36(6-2)32(40)42-31(23(3)4)38-28-22-25(14-12-24(28)13-15-29(38)39)41-21-8-7-16-35-17-19-37(20-18-35)27-11-9-10-26(33)30(27)34/h9-12,14,22-23,31H,5-8,13,15-21H2,1-4H3. The number of unbranched alkanes of at least 4 members (excludes halogenated alkanes) is 1. The molecule has 0 saturated carbocycles. The Bertz CT molecular complexity index is 1210. The van der Waals surface area contributed by atoms with Crippen molar-refractivity contribution < 1.29 is 19.1 Å². The highest BCUT2D eigenvalue weighted by Gasteiger charge is 2.36. The van der Waals surface area contributed by atoms with Gasteiger partial charge in [0.15, 0.2) is 6.23 Å². The number of hydrogen-bond acceptors (Lipinski definition) is 6. The lowest BCUT2D eigenvalue weighted by molar-refractivity contribution is -0.121. The molecule has 4 rings (SSSR count). The summed E-state index contributed by atoms with van der Waals surface area (Å²) < 4.78 is 12.0. The Morgan fingerprint density at radius 1 is 0.976 bits per heavy atom. The predicted octanol–water partition coefficient (Wildman–Crippen LogP) is 6.71. The van der Waals surface area contributed by atoms with E-state index in [9.17, 15) is 9.59 Å². The van der Waals surface area contributed by atoms with Gasteiger partial charge in [-0.1, -0.05) is 49.2 Å². The number of fused-ring (bicyclic) bond motifs is 1. The number of benzene rings is 2. The van der Waals surface area contributed by atoms with E-state index in [1.165, 1.54) is 0 Å². The average Bonchev–Trinajstić information content (AvgIpc) is 2.98. The van der Waals surface area contributed by atoms with Crippen LogP contribution in [0.2, 0.25) is 10.0 Å². The molecule has 1 fully saturated rings. The molecule has 0 spiro atoms. The Labute approximate surface area is 260 Å². The Balaban J connectivity index is 1.29. The number of nitrogens with zero attached hydrogens (tertiary/aromatic N) is 4. The molecule has 0 aliphatic carbocycles. The summed E-state index contributed by atoms with van der Waals surface area (Å²) >= 11 is 12.6. The monoisotopic (exact) mass is 618 g/mol. The first-order valence-corrected chi connectivity index (χ1v) is 15.9. The fraction of sp³-hybridized carbons (Fsp3) is 0.562. The van der Waals surface area contributed by atoms with Gasteiger partial charge in [-0.25, -0.2) is 4.79 Å². The van der Waals surface area contributed by atoms with E-state index in [4.69, 9.17) is 32.7 Å². The van der Waals surface area contributed by atoms with Crippen LogP contribution in [0, 0.1) is 5.92 Å². The van der Waals surface area contributed by atoms with E-state index in [1.54, 1.807) is 9.80 Å². The number of ether oxygens (including phenoxy) is 2. The molecule has 0 N–H and O–H groups in total. The van der Waals surface area contributed by atoms with Gasteiger partial charge in [-0.2, -0.15) is 0 Å². The van der Waals surface area contributed by atoms with Crippen LogP contribution in [0.1, 0.15) is 52.5 Å². The highest BCUT2D eigenvalue weighted by molar-refractivity contribution is 6.43. The Morgan fingerprint density at radius 2 is 1.71 bits per heavy atom. The number of halogens is 2. The van der Waals surface area contributed by atoms with E-state index < -0.39 is 12.3 Å². The summed E-state index contributed by atoms with van der Waals surface area (Å²) in [6.07, 6.45) is 1.92. The summed E-state index contributed by atoms with van der Waals surface area (Å²) in [4.78, 5) is 34.0. The highest BCUT2D eigenvalue weighted by atomic mass is 35.5. The van der Waals surface area contributed by atoms with Crippen molar-refractivity contribution in [2.75, 3.05) is 62.2 Å². The Hall–Kier alpha value is -2.68. The molecule has 42 heavy (non-hydrogen) atoms. The third kappa shape index (κ3) is 7.82. The topological polar surface area (TPSA) is 65.6 Å². The molecule has 1 saturated heterocycles. The van der Waals surface area contributed by atoms with Crippen LogP contribution in [0.5, 0.6) is 5.75 Å². The van der Waals surface area contributed by atoms with Gasteiger partial charge in [0.2, 0.25) is 5.91 Å². The summed E-state index contributed by atoms with van der Waals surface area (Å²) in [7, 11) is 0. The summed E-state index contributed by atoms with van der Waals surface area (Å²) in [5.74, 6) is 0.606. The number of aryl methyl sites for hydroxylation is 1. The van der Waals surface area contributed by atoms with Crippen molar-refractivity contribution in [1.82, 2.24) is 9.80 Å². The highest BCUT2D eigenvalue weighted by Crippen LogP contribution is 2.35. The second kappa shape index (κ2) is 15.2. The number of hydrogen-bond donors (Lipinski definition) is 0. The van der Waals surface area contributed by atoms with Gasteiger partial charge >= 0.3 is 6.09 Å². The molecule has 0 aromatic heterocycles. The second-order valence-corrected chi connectivity index (χ2v) is 12.0. The van der Waals surface area contributed by atoms with Crippen molar-refractivity contribution in [3.63, 3.8) is 0 Å². The zero-order valence-corrected chi connectivity index (χ0v) is 26.8. The molecule has 0 radical (unpaired) electrons. The lowest BCUT2D eigenvalue weighted by Gasteiger charge is -2.38. The number of amides is 2. The van der Waals surface area contributed by atoms with E-state index in [-0.39, 0.29) is 11.8 Å². The molecular weight excluding hydrogens is 575 g/mol. The largest absolute Gasteiger partial charge is 0.494 e. The van der Waals surface area contributed by atoms with Crippen molar-refractivity contribution in [2.24, 2.45) is 5.92 Å². The number of piperazine rings is 1. The zero-order chi connectivity index (χ0) is 30.2. The Kier molecular flexibility index (Phi) is 11.6. The molecule has 0 bridgehead atoms. The lowest BCUT2D eigenvalue weighted by Crippen LogP contribution is -2.50. The molecule has 2 aromatic rings. The van der Waals surface area contributed by atoms with Crippen LogP contribution < -0.4 is 14.5 Å². The van der Waals surface area contributed by atoms with Crippen LogP contribution in [-0.4, -0.2) is 80.4 Å². The molecule has 2 heterocycles. The minimum absolute atomic E-state index is 0.0385. The number of anilines is 2. The van der Waals surface area contributed by atoms with Gasteiger partial charge in [0.1, 0.15) is 5.75 Å². The fourth-order valence-electron chi connectivity index (χ4n) is 5.57. The molecule has 10 heteroatoms. The van der Waals surface area contributed by atoms with Gasteiger partial charge in [0.25, 0.3) is 0 Å². The first-order chi connectivity index (χ1) is 20.2. The number of carbonyl (C=O) groups excluding carboxylic acids is 2. The number of rotatable bonds is 12. The van der Waals surface area contributed by atoms with E-state index in [0.29, 0.717) is 42.6 Å². The minimum atomic E-state index is -0.685. The Morgan fingerprint density at radius 3 is 2.40 bits per heavy atom. The van der Waals surface area contributed by atoms with Crippen LogP contribution in [0.15, 0.2) is 36.4 Å². The van der Waals surface area contributed by atoms with Crippen LogP contribution in [0.4, 0.5) is 16.2 Å². The van der Waals surface area contributed by atoms with Gasteiger partial charge in [-0.15, -0.1) is 0 Å². The molecule has 2 amide bonds. The smallest absolute Gasteiger partial charge is 0.411 e. The summed E-state index contributed by atoms with van der Waals surface area (Å²) in [5.41, 5.74) is 2.83. The maximum atomic E-state index is 13.1. The van der Waals surface area contributed by atoms with Crippen LogP contribution in [-0.2, 0) is 16.0 Å². The van der Waals surface area contributed by atoms with Crippen molar-refractivity contribution in [3.8, 4) is 5.75 Å². The van der Waals surface area contributed by atoms with Crippen LogP contribution in [0.3, 0.4) is 0 Å². The van der Waals surface area contributed by atoms with Crippen molar-refractivity contribution in [2.45, 2.75) is 59.6 Å². The van der Waals surface area contributed by atoms with Gasteiger partial charge in [0.05, 0.1) is 28.0 Å². The molecule has 1 unspecified atom stereocenters. The summed E-state index contributed by atoms with van der Waals surface area (Å²) in [6, 6.07) is 11.7. The minimum Gasteiger partial charge on any atom is -0.494 e. The van der Waals surface area contributed by atoms with E-state index >= 15 is 0 Å². The van der Waals surface area contributed by atoms with Crippen molar-refractivity contribution in [3.05, 3.63) is 52.0 Å². The summed E-state index contributed by atoms with van der Waals surface area (Å²) in [6.45, 7) is 14.3. The summed E-state index contributed by atoms with van der Waals surface area (Å²) in [5, 5.41) is 1.22. The second-order valence-electron chi connectivity index (χ2n) is 11.2. The van der Waals surface area contributed by atoms with E-state index in [0.717, 1.165) is 68.3 Å². The maximum absolute atomic E-state index is 13.1. The van der Waals surface area contributed by atoms with Gasteiger partial charge in [-0.05, 0) is 63.4 Å². The predicted molar refractivity (Wildman–Crippen MR) is 170 cm³/mol. The molecule has 2 aliphatic heterocycles. The van der Waals surface area contributed by atoms with Gasteiger partial charge in [-0.3, -0.25) is 14.6 Å². The molecular formula is C32H44Cl2N4O4. The van der Waals surface area contributed by atoms with E-state index in [1.807, 2.05) is 64.1 Å². The first-order valence-electron chi connectivity index (χ1n) is 15.2. The quantitative estimate of drug-likeness (QED) is 0.246. The lowest BCUT2D eigenvalue weighted by atomic mass is 9.98. The third-order valence-corrected chi connectivity index (χ3v) is 8.85. The molecule has 2 aromatic carbocycles. The number of carbonyl (C=O) groups is 2. The van der Waals surface area contributed by atoms with Gasteiger partial charge in [0, 0.05) is 57.7 Å². The van der Waals surface area contributed by atoms with E-state index in [2.05, 4.69) is 9.80 Å². The van der Waals surface area contributed by atoms with Crippen molar-refractivity contribution in [1.29, 1.82) is 0 Å². The fourth-order valence-corrected chi connectivity index (χ4v) is 5.98. The molecule has 1 atom stereocenters. The zero-order valence-electron chi connectivity index (χ0n) is 25.3.